The van der Waals surface area contributed by atoms with Gasteiger partial charge in [-0.3, -0.25) is 9.59 Å². The molecule has 0 bridgehead atoms. The predicted octanol–water partition coefficient (Wildman–Crippen LogP) is 9.70. The molecule has 0 fully saturated rings. The van der Waals surface area contributed by atoms with E-state index in [1.54, 1.807) is 24.3 Å². The maximum absolute atomic E-state index is 14.0. The number of anilines is 2. The van der Waals surface area contributed by atoms with E-state index in [2.05, 4.69) is 10.6 Å². The van der Waals surface area contributed by atoms with E-state index in [-0.39, 0.29) is 112 Å². The standard InChI is InChI=1S/2C31H33FN2O5S.Ca/c2*1-19(2)29-28(31(39)33-23-6-4-3-5-7-23)27(21-13-15-40-18-21)30(20-8-10-22(32)11-9-20)34(29)14-12-24(35)16-25(36)17-26(37)38;/h2*3-11,13,15,18-19,24-25,35-36H,12,14,16-17H2,1-2H3,(H,33,39)(H,37,38);/q;;+2/p-2/t2*24-,25-;/m11./s1. The summed E-state index contributed by atoms with van der Waals surface area (Å²) in [7, 11) is 0. The molecule has 0 aliphatic heterocycles. The van der Waals surface area contributed by atoms with Gasteiger partial charge in [0, 0.05) is 71.8 Å². The van der Waals surface area contributed by atoms with E-state index < -0.39 is 49.2 Å². The van der Waals surface area contributed by atoms with Crippen molar-refractivity contribution in [2.45, 2.75) is 116 Å². The van der Waals surface area contributed by atoms with E-state index in [4.69, 9.17) is 0 Å². The van der Waals surface area contributed by atoms with E-state index in [1.165, 1.54) is 46.9 Å². The summed E-state index contributed by atoms with van der Waals surface area (Å²) < 4.78 is 31.9. The number of halogens is 2. The van der Waals surface area contributed by atoms with Gasteiger partial charge in [0.1, 0.15) is 11.6 Å². The summed E-state index contributed by atoms with van der Waals surface area (Å²) in [6.45, 7) is 8.48. The number of carboxylic acid groups (broad SMARTS) is 2. The average molecular weight is 1170 g/mol. The fourth-order valence-electron chi connectivity index (χ4n) is 9.99. The third-order valence-corrected chi connectivity index (χ3v) is 14.7. The molecule has 0 aliphatic rings. The second-order valence-corrected chi connectivity index (χ2v) is 21.6. The minimum absolute atomic E-state index is 0. The van der Waals surface area contributed by atoms with Gasteiger partial charge in [-0.25, -0.2) is 8.78 Å². The Bertz CT molecular complexity index is 3100. The Labute approximate surface area is 507 Å². The van der Waals surface area contributed by atoms with Crippen LogP contribution in [0, 0.1) is 11.6 Å². The van der Waals surface area contributed by atoms with Crippen LogP contribution in [-0.4, -0.2) is 115 Å². The molecule has 0 spiro atoms. The third-order valence-electron chi connectivity index (χ3n) is 13.3. The molecule has 2 amide bonds. The van der Waals surface area contributed by atoms with E-state index >= 15 is 0 Å². The zero-order valence-electron chi connectivity index (χ0n) is 45.4. The Morgan fingerprint density at radius 3 is 1.15 bits per heavy atom. The Morgan fingerprint density at radius 1 is 0.506 bits per heavy atom. The minimum Gasteiger partial charge on any atom is -0.550 e. The zero-order chi connectivity index (χ0) is 57.6. The summed E-state index contributed by atoms with van der Waals surface area (Å²) in [4.78, 5) is 49.6. The molecule has 4 aromatic carbocycles. The first-order valence-electron chi connectivity index (χ1n) is 26.3. The number of amides is 2. The van der Waals surface area contributed by atoms with Gasteiger partial charge in [-0.15, -0.1) is 0 Å². The number of aromatic nitrogens is 2. The number of thiophene rings is 2. The second-order valence-electron chi connectivity index (χ2n) is 20.1. The molecule has 0 saturated carbocycles. The summed E-state index contributed by atoms with van der Waals surface area (Å²) >= 11 is 2.99. The molecule has 4 heterocycles. The van der Waals surface area contributed by atoms with Crippen LogP contribution in [0.15, 0.2) is 143 Å². The van der Waals surface area contributed by atoms with Crippen LogP contribution in [0.25, 0.3) is 44.8 Å². The number of carboxylic acids is 2. The van der Waals surface area contributed by atoms with Crippen LogP contribution >= 0.6 is 22.7 Å². The van der Waals surface area contributed by atoms with Crippen molar-refractivity contribution >= 4 is 95.5 Å². The molecular weight excluding hydrogens is 1100 g/mol. The fraction of sp³-hybridized carbons (Fsp3) is 0.290. The number of hydrogen-bond donors (Lipinski definition) is 6. The topological polar surface area (TPSA) is 229 Å². The molecular formula is C62H64CaF2N4O10S2. The SMILES string of the molecule is CC(C)c1c(C(=O)Nc2ccccc2)c(-c2ccsc2)c(-c2ccc(F)cc2)n1CC[C@@H](O)C[C@@H](O)CC(=O)[O-].CC(C)c1c(C(=O)Nc2ccccc2)c(-c2ccsc2)c(-c2ccc(F)cc2)n1CC[C@@H](O)C[C@@H](O)CC(=O)[O-].[Ca+2]. The van der Waals surface area contributed by atoms with Gasteiger partial charge in [-0.2, -0.15) is 22.7 Å². The number of aliphatic hydroxyl groups is 4. The molecule has 0 radical (unpaired) electrons. The van der Waals surface area contributed by atoms with Gasteiger partial charge < -0.3 is 60.0 Å². The number of carbonyl (C=O) groups is 4. The largest absolute Gasteiger partial charge is 2.00 e. The number of aliphatic hydroxyl groups excluding tert-OH is 4. The number of rotatable bonds is 24. The number of carbonyl (C=O) groups excluding carboxylic acids is 4. The maximum Gasteiger partial charge on any atom is 2.00 e. The molecule has 420 valence electrons. The Balaban J connectivity index is 0.000000258. The normalized spacial score (nSPS) is 12.7. The van der Waals surface area contributed by atoms with E-state index in [0.717, 1.165) is 22.5 Å². The Morgan fingerprint density at radius 2 is 0.852 bits per heavy atom. The van der Waals surface area contributed by atoms with Crippen molar-refractivity contribution in [2.75, 3.05) is 10.6 Å². The smallest absolute Gasteiger partial charge is 0.550 e. The van der Waals surface area contributed by atoms with Gasteiger partial charge in [0.25, 0.3) is 11.8 Å². The monoisotopic (exact) mass is 1170 g/mol. The summed E-state index contributed by atoms with van der Waals surface area (Å²) in [5.74, 6) is -4.34. The van der Waals surface area contributed by atoms with Crippen LogP contribution in [-0.2, 0) is 22.7 Å². The van der Waals surface area contributed by atoms with Crippen molar-refractivity contribution in [1.29, 1.82) is 0 Å². The number of nitrogens with zero attached hydrogens (tertiary/aromatic N) is 2. The molecule has 0 saturated heterocycles. The van der Waals surface area contributed by atoms with Crippen LogP contribution in [0.5, 0.6) is 0 Å². The van der Waals surface area contributed by atoms with Crippen LogP contribution in [0.2, 0.25) is 0 Å². The zero-order valence-corrected chi connectivity index (χ0v) is 49.2. The summed E-state index contributed by atoms with van der Waals surface area (Å²) in [6.07, 6.45) is -5.47. The van der Waals surface area contributed by atoms with Crippen molar-refractivity contribution in [3.63, 3.8) is 0 Å². The first-order chi connectivity index (χ1) is 38.3. The quantitative estimate of drug-likeness (QED) is 0.0314. The predicted molar refractivity (Wildman–Crippen MR) is 311 cm³/mol. The van der Waals surface area contributed by atoms with Gasteiger partial charge in [0.15, 0.2) is 0 Å². The van der Waals surface area contributed by atoms with Gasteiger partial charge in [-0.1, -0.05) is 64.1 Å². The minimum atomic E-state index is -1.39. The molecule has 81 heavy (non-hydrogen) atoms. The van der Waals surface area contributed by atoms with E-state index in [9.17, 15) is 58.6 Å². The summed E-state index contributed by atoms with van der Waals surface area (Å²) in [5, 5.41) is 76.8. The first-order valence-corrected chi connectivity index (χ1v) is 28.1. The number of nitrogens with one attached hydrogen (secondary N) is 2. The van der Waals surface area contributed by atoms with Gasteiger partial charge >= 0.3 is 37.7 Å². The summed E-state index contributed by atoms with van der Waals surface area (Å²) in [5.41, 5.74) is 9.68. The molecule has 8 aromatic rings. The van der Waals surface area contributed by atoms with E-state index in [0.29, 0.717) is 56.1 Å². The van der Waals surface area contributed by atoms with Crippen LogP contribution < -0.4 is 20.8 Å². The van der Waals surface area contributed by atoms with Gasteiger partial charge in [-0.05, 0) is 166 Å². The number of benzene rings is 4. The molecule has 14 nitrogen and oxygen atoms in total. The second kappa shape index (κ2) is 30.1. The van der Waals surface area contributed by atoms with Crippen LogP contribution in [0.1, 0.15) is 110 Å². The molecule has 6 N–H and O–H groups in total. The Kier molecular flexibility index (Phi) is 23.7. The maximum atomic E-state index is 14.0. The third kappa shape index (κ3) is 16.9. The van der Waals surface area contributed by atoms with Crippen molar-refractivity contribution in [3.05, 3.63) is 177 Å². The number of para-hydroxylation sites is 2. The van der Waals surface area contributed by atoms with Crippen LogP contribution in [0.4, 0.5) is 20.2 Å². The molecule has 4 aromatic heterocycles. The number of aliphatic carboxylic acids is 2. The van der Waals surface area contributed by atoms with E-state index in [1.807, 2.05) is 131 Å². The summed E-state index contributed by atoms with van der Waals surface area (Å²) in [6, 6.07) is 34.3. The Hall–Kier alpha value is -6.32. The average Bonchev–Trinajstić information content (AvgIpc) is 4.46. The fourth-order valence-corrected chi connectivity index (χ4v) is 11.3. The molecule has 19 heteroatoms. The van der Waals surface area contributed by atoms with Crippen molar-refractivity contribution in [3.8, 4) is 44.8 Å². The van der Waals surface area contributed by atoms with Crippen molar-refractivity contribution in [2.24, 2.45) is 0 Å². The van der Waals surface area contributed by atoms with Crippen molar-refractivity contribution < 1.29 is 58.6 Å². The molecule has 4 atom stereocenters. The van der Waals surface area contributed by atoms with Gasteiger partial charge in [0.2, 0.25) is 0 Å². The first kappa shape index (κ1) is 63.9. The van der Waals surface area contributed by atoms with Gasteiger partial charge in [0.05, 0.1) is 46.9 Å². The molecule has 0 unspecified atom stereocenters. The number of hydrogen-bond acceptors (Lipinski definition) is 12. The molecule has 8 rings (SSSR count). The van der Waals surface area contributed by atoms with Crippen molar-refractivity contribution in [1.82, 2.24) is 9.13 Å². The molecule has 0 aliphatic carbocycles. The van der Waals surface area contributed by atoms with Crippen LogP contribution in [0.3, 0.4) is 0 Å².